The molecule has 0 aromatic carbocycles. The van der Waals surface area contributed by atoms with Gasteiger partial charge in [0.2, 0.25) is 5.95 Å². The molecule has 0 saturated heterocycles. The van der Waals surface area contributed by atoms with E-state index in [0.717, 1.165) is 11.8 Å². The molecule has 0 aliphatic rings. The first kappa shape index (κ1) is 9.98. The van der Waals surface area contributed by atoms with Crippen molar-refractivity contribution < 1.29 is 4.74 Å². The molecule has 0 fully saturated rings. The smallest absolute Gasteiger partial charge is 0.224 e. The van der Waals surface area contributed by atoms with Crippen molar-refractivity contribution in [2.24, 2.45) is 7.05 Å². The predicted octanol–water partition coefficient (Wildman–Crippen LogP) is 0.738. The van der Waals surface area contributed by atoms with Gasteiger partial charge in [-0.1, -0.05) is 0 Å². The largest absolute Gasteiger partial charge is 0.371 e. The van der Waals surface area contributed by atoms with Gasteiger partial charge in [-0.2, -0.15) is 0 Å². The van der Waals surface area contributed by atoms with Crippen LogP contribution in [0.4, 0.5) is 5.95 Å². The second-order valence-electron chi connectivity index (χ2n) is 3.37. The van der Waals surface area contributed by atoms with Crippen molar-refractivity contribution in [1.29, 1.82) is 0 Å². The minimum Gasteiger partial charge on any atom is -0.371 e. The quantitative estimate of drug-likeness (QED) is 0.752. The number of aromatic nitrogens is 3. The molecule has 1 heterocycles. The van der Waals surface area contributed by atoms with Gasteiger partial charge in [-0.3, -0.25) is 4.57 Å². The zero-order chi connectivity index (χ0) is 10.1. The molecule has 1 N–H and O–H groups in total. The summed E-state index contributed by atoms with van der Waals surface area (Å²) in [5.41, 5.74) is -0.406. The molecule has 13 heavy (non-hydrogen) atoms. The second-order valence-corrected chi connectivity index (χ2v) is 3.37. The first-order valence-corrected chi connectivity index (χ1v) is 4.15. The Kier molecular flexibility index (Phi) is 2.56. The molecule has 0 aliphatic carbocycles. The third-order valence-corrected chi connectivity index (χ3v) is 2.15. The number of hydrogen-bond donors (Lipinski definition) is 1. The Bertz CT molecular complexity index is 292. The van der Waals surface area contributed by atoms with Crippen molar-refractivity contribution in [1.82, 2.24) is 14.8 Å². The highest BCUT2D eigenvalue weighted by atomic mass is 16.5. The van der Waals surface area contributed by atoms with E-state index in [0.29, 0.717) is 0 Å². The normalized spacial score (nSPS) is 11.8. The molecule has 0 unspecified atom stereocenters. The number of nitrogens with zero attached hydrogens (tertiary/aromatic N) is 3. The lowest BCUT2D eigenvalue weighted by atomic mass is 10.1. The van der Waals surface area contributed by atoms with Crippen molar-refractivity contribution in [2.75, 3.05) is 19.5 Å². The first-order chi connectivity index (χ1) is 6.03. The van der Waals surface area contributed by atoms with Crippen LogP contribution in [0.1, 0.15) is 19.7 Å². The first-order valence-electron chi connectivity index (χ1n) is 4.15. The van der Waals surface area contributed by atoms with Gasteiger partial charge in [0.1, 0.15) is 5.60 Å². The molecule has 0 radical (unpaired) electrons. The molecule has 0 spiro atoms. The van der Waals surface area contributed by atoms with Crippen molar-refractivity contribution in [3.8, 4) is 0 Å². The summed E-state index contributed by atoms with van der Waals surface area (Å²) in [6, 6.07) is 0. The highest BCUT2D eigenvalue weighted by Crippen LogP contribution is 2.22. The Hall–Kier alpha value is -1.10. The van der Waals surface area contributed by atoms with Gasteiger partial charge in [0.05, 0.1) is 0 Å². The molecule has 0 amide bonds. The molecule has 0 atom stereocenters. The maximum Gasteiger partial charge on any atom is 0.224 e. The molecule has 0 aliphatic heterocycles. The highest BCUT2D eigenvalue weighted by Gasteiger charge is 2.26. The van der Waals surface area contributed by atoms with E-state index in [1.165, 1.54) is 0 Å². The van der Waals surface area contributed by atoms with E-state index in [2.05, 4.69) is 15.5 Å². The van der Waals surface area contributed by atoms with Crippen LogP contribution in [0.5, 0.6) is 0 Å². The SMILES string of the molecule is CNc1nnc(C(C)(C)OC)n1C. The molecule has 5 nitrogen and oxygen atoms in total. The van der Waals surface area contributed by atoms with Gasteiger partial charge in [-0.15, -0.1) is 10.2 Å². The lowest BCUT2D eigenvalue weighted by molar-refractivity contribution is 0.00905. The van der Waals surface area contributed by atoms with Gasteiger partial charge < -0.3 is 10.1 Å². The molecule has 1 rings (SSSR count). The van der Waals surface area contributed by atoms with Crippen LogP contribution < -0.4 is 5.32 Å². The lowest BCUT2D eigenvalue weighted by Crippen LogP contribution is -2.24. The highest BCUT2D eigenvalue weighted by molar-refractivity contribution is 5.25. The summed E-state index contributed by atoms with van der Waals surface area (Å²) in [6.45, 7) is 3.91. The molecule has 0 saturated carbocycles. The Morgan fingerprint density at radius 3 is 2.38 bits per heavy atom. The number of ether oxygens (including phenoxy) is 1. The van der Waals surface area contributed by atoms with Crippen molar-refractivity contribution >= 4 is 5.95 Å². The van der Waals surface area contributed by atoms with Crippen molar-refractivity contribution in [3.05, 3.63) is 5.82 Å². The van der Waals surface area contributed by atoms with E-state index in [1.54, 1.807) is 7.11 Å². The molecular formula is C8H16N4O. The lowest BCUT2D eigenvalue weighted by Gasteiger charge is -2.21. The van der Waals surface area contributed by atoms with Gasteiger partial charge in [-0.25, -0.2) is 0 Å². The number of hydrogen-bond acceptors (Lipinski definition) is 4. The summed E-state index contributed by atoms with van der Waals surface area (Å²) in [5, 5.41) is 11.0. The molecule has 1 aromatic heterocycles. The molecule has 0 bridgehead atoms. The Morgan fingerprint density at radius 2 is 2.00 bits per heavy atom. The van der Waals surface area contributed by atoms with E-state index >= 15 is 0 Å². The van der Waals surface area contributed by atoms with Gasteiger partial charge in [0.15, 0.2) is 5.82 Å². The summed E-state index contributed by atoms with van der Waals surface area (Å²) < 4.78 is 7.19. The average molecular weight is 184 g/mol. The van der Waals surface area contributed by atoms with Crippen LogP contribution in [0, 0.1) is 0 Å². The third-order valence-electron chi connectivity index (χ3n) is 2.15. The number of methoxy groups -OCH3 is 1. The topological polar surface area (TPSA) is 52.0 Å². The second kappa shape index (κ2) is 3.33. The van der Waals surface area contributed by atoms with Crippen LogP contribution >= 0.6 is 0 Å². The van der Waals surface area contributed by atoms with E-state index in [1.807, 2.05) is 32.5 Å². The van der Waals surface area contributed by atoms with E-state index in [9.17, 15) is 0 Å². The summed E-state index contributed by atoms with van der Waals surface area (Å²) in [6.07, 6.45) is 0. The van der Waals surface area contributed by atoms with Gasteiger partial charge in [0, 0.05) is 21.2 Å². The van der Waals surface area contributed by atoms with E-state index in [4.69, 9.17) is 4.74 Å². The Balaban J connectivity index is 3.09. The maximum atomic E-state index is 5.31. The van der Waals surface area contributed by atoms with Gasteiger partial charge >= 0.3 is 0 Å². The van der Waals surface area contributed by atoms with Crippen LogP contribution in [0.2, 0.25) is 0 Å². The zero-order valence-corrected chi connectivity index (χ0v) is 8.75. The molecule has 1 aromatic rings. The van der Waals surface area contributed by atoms with E-state index < -0.39 is 5.60 Å². The van der Waals surface area contributed by atoms with Crippen LogP contribution in [0.25, 0.3) is 0 Å². The Labute approximate surface area is 78.1 Å². The fourth-order valence-electron chi connectivity index (χ4n) is 1.16. The number of nitrogens with one attached hydrogen (secondary N) is 1. The fraction of sp³-hybridized carbons (Fsp3) is 0.750. The zero-order valence-electron chi connectivity index (χ0n) is 8.75. The minimum atomic E-state index is -0.406. The Morgan fingerprint density at radius 1 is 1.38 bits per heavy atom. The molecular weight excluding hydrogens is 168 g/mol. The van der Waals surface area contributed by atoms with Crippen molar-refractivity contribution in [2.45, 2.75) is 19.4 Å². The van der Waals surface area contributed by atoms with Crippen molar-refractivity contribution in [3.63, 3.8) is 0 Å². The maximum absolute atomic E-state index is 5.31. The van der Waals surface area contributed by atoms with Crippen LogP contribution in [0.3, 0.4) is 0 Å². The summed E-state index contributed by atoms with van der Waals surface area (Å²) >= 11 is 0. The standard InChI is InChI=1S/C8H16N4O/c1-8(2,13-5)6-10-11-7(9-3)12(6)4/h1-5H3,(H,9,11). The average Bonchev–Trinajstić information content (AvgIpc) is 2.47. The molecule has 74 valence electrons. The van der Waals surface area contributed by atoms with Gasteiger partial charge in [-0.05, 0) is 13.8 Å². The summed E-state index contributed by atoms with van der Waals surface area (Å²) in [5.74, 6) is 1.54. The summed E-state index contributed by atoms with van der Waals surface area (Å²) in [4.78, 5) is 0. The van der Waals surface area contributed by atoms with E-state index in [-0.39, 0.29) is 0 Å². The van der Waals surface area contributed by atoms with Gasteiger partial charge in [0.25, 0.3) is 0 Å². The summed E-state index contributed by atoms with van der Waals surface area (Å²) in [7, 11) is 5.38. The number of anilines is 1. The minimum absolute atomic E-state index is 0.406. The predicted molar refractivity (Wildman–Crippen MR) is 50.6 cm³/mol. The van der Waals surface area contributed by atoms with Crippen LogP contribution in [-0.2, 0) is 17.4 Å². The number of rotatable bonds is 3. The fourth-order valence-corrected chi connectivity index (χ4v) is 1.16. The monoisotopic (exact) mass is 184 g/mol. The molecule has 5 heteroatoms. The van der Waals surface area contributed by atoms with Crippen LogP contribution in [0.15, 0.2) is 0 Å². The van der Waals surface area contributed by atoms with Crippen LogP contribution in [-0.4, -0.2) is 28.9 Å². The third kappa shape index (κ3) is 1.65.